The number of esters is 1. The van der Waals surface area contributed by atoms with Crippen molar-refractivity contribution in [1.29, 1.82) is 0 Å². The quantitative estimate of drug-likeness (QED) is 0.173. The fraction of sp³-hybridized carbons (Fsp3) is 0.526. The molecule has 0 spiro atoms. The standard InChI is InChI=1S/C19H29N3O6/c1-27-19(25)16(20)11-12-28-15-8-6-7-14(13-15)21-17(23)9-4-2-3-5-10-18(24)22-26/h6-8,13,16,26H,2-5,9-12,20H2,1H3,(H,21,23)(H,22,24)/t16-/m0/s1. The number of carbonyl (C=O) groups excluding carboxylic acids is 3. The van der Waals surface area contributed by atoms with Gasteiger partial charge in [0.15, 0.2) is 0 Å². The molecule has 0 unspecified atom stereocenters. The molecule has 0 aliphatic rings. The summed E-state index contributed by atoms with van der Waals surface area (Å²) in [6, 6.07) is 6.25. The Kier molecular flexibility index (Phi) is 11.3. The van der Waals surface area contributed by atoms with Crippen LogP contribution in [-0.2, 0) is 19.1 Å². The molecule has 0 radical (unpaired) electrons. The van der Waals surface area contributed by atoms with Gasteiger partial charge < -0.3 is 20.5 Å². The zero-order valence-electron chi connectivity index (χ0n) is 16.1. The first-order chi connectivity index (χ1) is 13.5. The second-order valence-corrected chi connectivity index (χ2v) is 6.29. The minimum Gasteiger partial charge on any atom is -0.493 e. The van der Waals surface area contributed by atoms with Crippen molar-refractivity contribution in [3.05, 3.63) is 24.3 Å². The zero-order chi connectivity index (χ0) is 20.8. The summed E-state index contributed by atoms with van der Waals surface area (Å²) in [6.07, 6.45) is 4.02. The first-order valence-electron chi connectivity index (χ1n) is 9.25. The Hall–Kier alpha value is -2.65. The number of unbranched alkanes of at least 4 members (excludes halogenated alkanes) is 3. The number of anilines is 1. The Bertz CT molecular complexity index is 638. The third-order valence-corrected chi connectivity index (χ3v) is 4.00. The van der Waals surface area contributed by atoms with Crippen LogP contribution < -0.4 is 21.3 Å². The van der Waals surface area contributed by atoms with E-state index in [0.29, 0.717) is 37.1 Å². The smallest absolute Gasteiger partial charge is 0.322 e. The Balaban J connectivity index is 2.27. The predicted octanol–water partition coefficient (Wildman–Crippen LogP) is 1.74. The summed E-state index contributed by atoms with van der Waals surface area (Å²) < 4.78 is 10.1. The van der Waals surface area contributed by atoms with Crippen LogP contribution in [0.1, 0.15) is 44.9 Å². The number of nitrogens with one attached hydrogen (secondary N) is 2. The summed E-state index contributed by atoms with van der Waals surface area (Å²) in [5.74, 6) is -0.414. The highest BCUT2D eigenvalue weighted by Gasteiger charge is 2.13. The lowest BCUT2D eigenvalue weighted by atomic mass is 10.1. The van der Waals surface area contributed by atoms with Gasteiger partial charge in [0.25, 0.3) is 0 Å². The van der Waals surface area contributed by atoms with E-state index in [9.17, 15) is 14.4 Å². The SMILES string of the molecule is COC(=O)[C@@H](N)CCOc1cccc(NC(=O)CCCCCCC(=O)NO)c1. The second-order valence-electron chi connectivity index (χ2n) is 6.29. The molecule has 28 heavy (non-hydrogen) atoms. The summed E-state index contributed by atoms with van der Waals surface area (Å²) in [6.45, 7) is 0.252. The van der Waals surface area contributed by atoms with Crippen LogP contribution >= 0.6 is 0 Å². The van der Waals surface area contributed by atoms with Crippen molar-refractivity contribution in [2.45, 2.75) is 51.0 Å². The maximum absolute atomic E-state index is 12.0. The molecule has 0 aliphatic carbocycles. The lowest BCUT2D eigenvalue weighted by Gasteiger charge is -2.11. The minimum atomic E-state index is -0.731. The average molecular weight is 395 g/mol. The van der Waals surface area contributed by atoms with Crippen LogP contribution in [0.25, 0.3) is 0 Å². The highest BCUT2D eigenvalue weighted by molar-refractivity contribution is 5.90. The maximum atomic E-state index is 12.0. The monoisotopic (exact) mass is 395 g/mol. The van der Waals surface area contributed by atoms with E-state index in [0.717, 1.165) is 12.8 Å². The van der Waals surface area contributed by atoms with Crippen LogP contribution in [0.5, 0.6) is 5.75 Å². The van der Waals surface area contributed by atoms with E-state index < -0.39 is 17.9 Å². The number of nitrogens with two attached hydrogens (primary N) is 1. The van der Waals surface area contributed by atoms with Crippen LogP contribution in [0.4, 0.5) is 5.69 Å². The molecule has 5 N–H and O–H groups in total. The van der Waals surface area contributed by atoms with Crippen LogP contribution in [0.15, 0.2) is 24.3 Å². The van der Waals surface area contributed by atoms with Gasteiger partial charge in [0.2, 0.25) is 11.8 Å². The van der Waals surface area contributed by atoms with Crippen molar-refractivity contribution in [3.63, 3.8) is 0 Å². The van der Waals surface area contributed by atoms with E-state index in [1.165, 1.54) is 7.11 Å². The average Bonchev–Trinajstić information content (AvgIpc) is 2.69. The summed E-state index contributed by atoms with van der Waals surface area (Å²) in [7, 11) is 1.28. The first kappa shape index (κ1) is 23.4. The topological polar surface area (TPSA) is 140 Å². The molecule has 0 aromatic heterocycles. The van der Waals surface area contributed by atoms with Crippen molar-refractivity contribution in [2.75, 3.05) is 19.0 Å². The van der Waals surface area contributed by atoms with Gasteiger partial charge in [0.05, 0.1) is 13.7 Å². The van der Waals surface area contributed by atoms with Gasteiger partial charge in [0.1, 0.15) is 11.8 Å². The number of hydrogen-bond acceptors (Lipinski definition) is 7. The fourth-order valence-corrected chi connectivity index (χ4v) is 2.44. The zero-order valence-corrected chi connectivity index (χ0v) is 16.1. The lowest BCUT2D eigenvalue weighted by Crippen LogP contribution is -2.33. The van der Waals surface area contributed by atoms with Crippen molar-refractivity contribution in [1.82, 2.24) is 5.48 Å². The lowest BCUT2D eigenvalue weighted by molar-refractivity contribution is -0.142. The predicted molar refractivity (Wildman–Crippen MR) is 103 cm³/mol. The van der Waals surface area contributed by atoms with E-state index in [-0.39, 0.29) is 18.9 Å². The van der Waals surface area contributed by atoms with Gasteiger partial charge in [-0.2, -0.15) is 0 Å². The third kappa shape index (κ3) is 9.89. The first-order valence-corrected chi connectivity index (χ1v) is 9.25. The Morgan fingerprint density at radius 2 is 1.79 bits per heavy atom. The Morgan fingerprint density at radius 1 is 1.11 bits per heavy atom. The van der Waals surface area contributed by atoms with Crippen molar-refractivity contribution >= 4 is 23.5 Å². The number of benzene rings is 1. The molecular formula is C19H29N3O6. The van der Waals surface area contributed by atoms with Gasteiger partial charge in [0, 0.05) is 31.0 Å². The molecule has 0 heterocycles. The molecule has 9 heteroatoms. The van der Waals surface area contributed by atoms with Crippen molar-refractivity contribution in [3.8, 4) is 5.75 Å². The molecule has 1 aromatic rings. The van der Waals surface area contributed by atoms with Crippen molar-refractivity contribution in [2.24, 2.45) is 5.73 Å². The van der Waals surface area contributed by atoms with Gasteiger partial charge in [-0.1, -0.05) is 18.9 Å². The second kappa shape index (κ2) is 13.5. The molecule has 1 aromatic carbocycles. The van der Waals surface area contributed by atoms with Crippen LogP contribution in [0.3, 0.4) is 0 Å². The Morgan fingerprint density at radius 3 is 2.43 bits per heavy atom. The number of rotatable bonds is 13. The van der Waals surface area contributed by atoms with Crippen LogP contribution in [0, 0.1) is 0 Å². The summed E-state index contributed by atoms with van der Waals surface area (Å²) in [5, 5.41) is 11.2. The Labute approximate surface area is 164 Å². The summed E-state index contributed by atoms with van der Waals surface area (Å²) >= 11 is 0. The molecule has 2 amide bonds. The van der Waals surface area contributed by atoms with Gasteiger partial charge in [-0.25, -0.2) is 5.48 Å². The van der Waals surface area contributed by atoms with Gasteiger partial charge in [-0.05, 0) is 25.0 Å². The van der Waals surface area contributed by atoms with Gasteiger partial charge >= 0.3 is 5.97 Å². The highest BCUT2D eigenvalue weighted by Crippen LogP contribution is 2.18. The van der Waals surface area contributed by atoms with Crippen molar-refractivity contribution < 1.29 is 29.1 Å². The van der Waals surface area contributed by atoms with Crippen LogP contribution in [-0.4, -0.2) is 42.7 Å². The number of ether oxygens (including phenoxy) is 2. The largest absolute Gasteiger partial charge is 0.493 e. The molecule has 0 saturated heterocycles. The van der Waals surface area contributed by atoms with Crippen LogP contribution in [0.2, 0.25) is 0 Å². The van der Waals surface area contributed by atoms with E-state index in [1.54, 1.807) is 29.7 Å². The molecule has 1 atom stereocenters. The maximum Gasteiger partial charge on any atom is 0.322 e. The molecule has 1 rings (SSSR count). The minimum absolute atomic E-state index is 0.0991. The van der Waals surface area contributed by atoms with Gasteiger partial charge in [-0.15, -0.1) is 0 Å². The number of carbonyl (C=O) groups is 3. The molecular weight excluding hydrogens is 366 g/mol. The van der Waals surface area contributed by atoms with E-state index in [1.807, 2.05) is 0 Å². The molecule has 0 bridgehead atoms. The molecule has 0 fully saturated rings. The van der Waals surface area contributed by atoms with E-state index in [2.05, 4.69) is 10.1 Å². The highest BCUT2D eigenvalue weighted by atomic mass is 16.5. The fourth-order valence-electron chi connectivity index (χ4n) is 2.44. The third-order valence-electron chi connectivity index (χ3n) is 4.00. The normalized spacial score (nSPS) is 11.4. The molecule has 0 saturated carbocycles. The number of methoxy groups -OCH3 is 1. The van der Waals surface area contributed by atoms with E-state index in [4.69, 9.17) is 15.7 Å². The summed E-state index contributed by atoms with van der Waals surface area (Å²) in [4.78, 5) is 34.1. The summed E-state index contributed by atoms with van der Waals surface area (Å²) in [5.41, 5.74) is 7.86. The molecule has 156 valence electrons. The molecule has 0 aliphatic heterocycles. The van der Waals surface area contributed by atoms with E-state index >= 15 is 0 Å². The van der Waals surface area contributed by atoms with Gasteiger partial charge in [-0.3, -0.25) is 19.6 Å². The number of amides is 2. The number of hydrogen-bond donors (Lipinski definition) is 4. The number of hydroxylamine groups is 1. The molecule has 9 nitrogen and oxygen atoms in total.